The molecule has 1 saturated carbocycles. The van der Waals surface area contributed by atoms with Crippen LogP contribution < -0.4 is 9.57 Å². The van der Waals surface area contributed by atoms with E-state index in [-0.39, 0.29) is 35.6 Å². The summed E-state index contributed by atoms with van der Waals surface area (Å²) < 4.78 is 17.3. The number of nitrogens with zero attached hydrogens (tertiary/aromatic N) is 1. The number of hydrogen-bond donors (Lipinski definition) is 2. The average Bonchev–Trinajstić information content (AvgIpc) is 2.77. The van der Waals surface area contributed by atoms with Gasteiger partial charge in [-0.3, -0.25) is 9.79 Å². The Bertz CT molecular complexity index is 837. The number of halogens is 1. The van der Waals surface area contributed by atoms with Crippen LogP contribution in [0.15, 0.2) is 17.1 Å². The molecule has 1 aliphatic carbocycles. The molecule has 1 aromatic carbocycles. The van der Waals surface area contributed by atoms with Crippen LogP contribution >= 0.6 is 11.8 Å². The van der Waals surface area contributed by atoms with Gasteiger partial charge in [0.25, 0.3) is 0 Å². The molecule has 1 aromatic rings. The number of phenolic OH excluding ortho intramolecular Hbond substituents is 1. The minimum Gasteiger partial charge on any atom is -0.507 e. The van der Waals surface area contributed by atoms with Crippen molar-refractivity contribution in [1.82, 2.24) is 4.84 Å². The van der Waals surface area contributed by atoms with Gasteiger partial charge in [-0.25, -0.2) is 4.84 Å². The first-order chi connectivity index (χ1) is 16.0. The predicted molar refractivity (Wildman–Crippen MR) is 139 cm³/mol. The van der Waals surface area contributed by atoms with E-state index in [2.05, 4.69) is 4.84 Å². The van der Waals surface area contributed by atoms with Gasteiger partial charge in [-0.05, 0) is 62.6 Å². The number of aromatic hydroxyl groups is 1. The van der Waals surface area contributed by atoms with Crippen LogP contribution in [-0.2, 0) is 19.1 Å². The van der Waals surface area contributed by atoms with Crippen LogP contribution in [0.1, 0.15) is 77.8 Å². The molecular formula is C25H41ClN2O5Si. The number of ether oxygens (including phenoxy) is 1. The van der Waals surface area contributed by atoms with Gasteiger partial charge >= 0.3 is 14.5 Å². The van der Waals surface area contributed by atoms with Crippen molar-refractivity contribution in [2.24, 2.45) is 4.99 Å². The molecule has 9 heteroatoms. The Morgan fingerprint density at radius 3 is 2.47 bits per heavy atom. The summed E-state index contributed by atoms with van der Waals surface area (Å²) in [5.74, 6) is 0.182. The van der Waals surface area contributed by atoms with Gasteiger partial charge in [-0.15, -0.1) is 0 Å². The summed E-state index contributed by atoms with van der Waals surface area (Å²) in [5, 5.41) is 11.0. The second-order valence-corrected chi connectivity index (χ2v) is 13.5. The predicted octanol–water partition coefficient (Wildman–Crippen LogP) is 5.60. The van der Waals surface area contributed by atoms with Gasteiger partial charge in [0.1, 0.15) is 11.5 Å². The first kappa shape index (κ1) is 28.8. The van der Waals surface area contributed by atoms with E-state index in [4.69, 9.17) is 30.4 Å². The van der Waals surface area contributed by atoms with Gasteiger partial charge < -0.3 is 18.7 Å². The van der Waals surface area contributed by atoms with Crippen molar-refractivity contribution in [1.29, 1.82) is 0 Å². The third kappa shape index (κ3) is 8.34. The molecule has 0 unspecified atom stereocenters. The molecule has 0 aromatic heterocycles. The normalized spacial score (nSPS) is 19.5. The molecule has 0 aliphatic heterocycles. The summed E-state index contributed by atoms with van der Waals surface area (Å²) >= 11 is 5.91. The lowest BCUT2D eigenvalue weighted by Gasteiger charge is -2.27. The lowest BCUT2D eigenvalue weighted by atomic mass is 9.85. The number of esters is 1. The van der Waals surface area contributed by atoms with Crippen molar-refractivity contribution >= 4 is 32.5 Å². The quantitative estimate of drug-likeness (QED) is 0.132. The van der Waals surface area contributed by atoms with E-state index in [9.17, 15) is 9.90 Å². The topological polar surface area (TPSA) is 89.4 Å². The summed E-state index contributed by atoms with van der Waals surface area (Å²) in [7, 11) is -2.41. The number of aliphatic imine (C=N–C) groups is 1. The molecule has 2 rings (SSSR count). The molecule has 2 atom stereocenters. The summed E-state index contributed by atoms with van der Waals surface area (Å²) in [6.07, 6.45) is 5.99. The van der Waals surface area contributed by atoms with Gasteiger partial charge in [-0.1, -0.05) is 33.6 Å². The second kappa shape index (κ2) is 13.0. The first-order valence-corrected chi connectivity index (χ1v) is 15.2. The summed E-state index contributed by atoms with van der Waals surface area (Å²) in [4.78, 5) is 20.2. The Balaban J connectivity index is 2.23. The van der Waals surface area contributed by atoms with Crippen LogP contribution in [0.2, 0.25) is 12.6 Å². The van der Waals surface area contributed by atoms with Gasteiger partial charge in [0.2, 0.25) is 0 Å². The van der Waals surface area contributed by atoms with Crippen LogP contribution in [0.4, 0.5) is 0 Å². The summed E-state index contributed by atoms with van der Waals surface area (Å²) in [6.45, 7) is 12.9. The number of rotatable bonds is 11. The van der Waals surface area contributed by atoms with Crippen LogP contribution in [0.5, 0.6) is 11.5 Å². The van der Waals surface area contributed by atoms with Crippen molar-refractivity contribution < 1.29 is 23.5 Å². The largest absolute Gasteiger partial charge is 0.507 e. The molecule has 1 aliphatic rings. The maximum Gasteiger partial charge on any atom is 0.335 e. The minimum atomic E-state index is -2.41. The van der Waals surface area contributed by atoms with Crippen molar-refractivity contribution in [3.05, 3.63) is 23.3 Å². The van der Waals surface area contributed by atoms with E-state index in [1.165, 1.54) is 0 Å². The van der Waals surface area contributed by atoms with E-state index < -0.39 is 8.56 Å². The highest BCUT2D eigenvalue weighted by Gasteiger charge is 2.32. The lowest BCUT2D eigenvalue weighted by Crippen LogP contribution is -2.39. The lowest BCUT2D eigenvalue weighted by molar-refractivity contribution is -0.134. The Labute approximate surface area is 210 Å². The molecule has 192 valence electrons. The number of carbonyl (C=O) groups excluding carboxylic acids is 1. The number of benzene rings is 1. The van der Waals surface area contributed by atoms with E-state index in [0.29, 0.717) is 36.1 Å². The SMILES string of the molecule is CCO[Si](C)(CCC(=O)Oc1cc(C=N[C@@H]2CCCC[C@H]2NCl)c(O)c(C(C)(C)C)c1)OCC. The minimum absolute atomic E-state index is 0.0368. The average molecular weight is 513 g/mol. The number of phenols is 1. The standard InChI is InChI=1S/C25H41ClN2O5Si/c1-7-31-34(6,32-8-2)14-13-23(29)33-19-15-18(24(30)20(16-19)25(3,4)5)17-27-21-11-9-10-12-22(21)28-26/h15-17,21-22,28,30H,7-14H2,1-6H3/t21-,22-/m1/s1. The first-order valence-electron chi connectivity index (χ1n) is 12.3. The Hall–Kier alpha value is -1.45. The molecule has 1 fully saturated rings. The molecule has 34 heavy (non-hydrogen) atoms. The molecule has 2 N–H and O–H groups in total. The fourth-order valence-electron chi connectivity index (χ4n) is 4.26. The fraction of sp³-hybridized carbons (Fsp3) is 0.680. The van der Waals surface area contributed by atoms with Crippen molar-refractivity contribution in [3.8, 4) is 11.5 Å². The zero-order chi connectivity index (χ0) is 25.4. The van der Waals surface area contributed by atoms with Crippen molar-refractivity contribution in [2.45, 2.75) is 96.8 Å². The highest BCUT2D eigenvalue weighted by Crippen LogP contribution is 2.36. The maximum atomic E-state index is 12.7. The molecule has 0 bridgehead atoms. The fourth-order valence-corrected chi connectivity index (χ4v) is 6.77. The second-order valence-electron chi connectivity index (χ2n) is 9.98. The molecule has 7 nitrogen and oxygen atoms in total. The summed E-state index contributed by atoms with van der Waals surface area (Å²) in [5.41, 5.74) is 0.866. The van der Waals surface area contributed by atoms with E-state index in [1.807, 2.05) is 41.2 Å². The van der Waals surface area contributed by atoms with Gasteiger partial charge in [-0.2, -0.15) is 0 Å². The molecule has 0 amide bonds. The molecule has 0 radical (unpaired) electrons. The molecule has 0 spiro atoms. The highest BCUT2D eigenvalue weighted by molar-refractivity contribution is 6.66. The summed E-state index contributed by atoms with van der Waals surface area (Å²) in [6, 6.07) is 4.05. The van der Waals surface area contributed by atoms with E-state index in [0.717, 1.165) is 25.7 Å². The Morgan fingerprint density at radius 1 is 1.24 bits per heavy atom. The van der Waals surface area contributed by atoms with E-state index in [1.54, 1.807) is 18.3 Å². The van der Waals surface area contributed by atoms with Crippen LogP contribution in [0, 0.1) is 0 Å². The molecular weight excluding hydrogens is 472 g/mol. The van der Waals surface area contributed by atoms with E-state index >= 15 is 0 Å². The maximum absolute atomic E-state index is 12.7. The van der Waals surface area contributed by atoms with Crippen LogP contribution in [0.25, 0.3) is 0 Å². The van der Waals surface area contributed by atoms with Crippen LogP contribution in [0.3, 0.4) is 0 Å². The van der Waals surface area contributed by atoms with Crippen molar-refractivity contribution in [3.63, 3.8) is 0 Å². The van der Waals surface area contributed by atoms with Gasteiger partial charge in [0.15, 0.2) is 0 Å². The number of nitrogens with one attached hydrogen (secondary N) is 1. The van der Waals surface area contributed by atoms with Crippen LogP contribution in [-0.4, -0.2) is 51.1 Å². The molecule has 0 saturated heterocycles. The highest BCUT2D eigenvalue weighted by atomic mass is 35.5. The zero-order valence-electron chi connectivity index (χ0n) is 21.4. The monoisotopic (exact) mass is 512 g/mol. The Morgan fingerprint density at radius 2 is 1.88 bits per heavy atom. The zero-order valence-corrected chi connectivity index (χ0v) is 23.2. The van der Waals surface area contributed by atoms with Crippen molar-refractivity contribution in [2.75, 3.05) is 13.2 Å². The third-order valence-corrected chi connectivity index (χ3v) is 9.35. The molecule has 0 heterocycles. The smallest absolute Gasteiger partial charge is 0.335 e. The third-order valence-electron chi connectivity index (χ3n) is 6.11. The van der Waals surface area contributed by atoms with Gasteiger partial charge in [0.05, 0.1) is 6.04 Å². The Kier molecular flexibility index (Phi) is 11.0. The number of hydrogen-bond acceptors (Lipinski definition) is 7. The number of carbonyl (C=O) groups is 1. The van der Waals surface area contributed by atoms with Gasteiger partial charge in [0, 0.05) is 49.1 Å².